The van der Waals surface area contributed by atoms with Crippen LogP contribution < -0.4 is 0 Å². The summed E-state index contributed by atoms with van der Waals surface area (Å²) in [7, 11) is 0. The molecule has 0 spiro atoms. The summed E-state index contributed by atoms with van der Waals surface area (Å²) in [5.74, 6) is 3.55. The molecular formula is C124H76N6S2. The minimum absolute atomic E-state index is 0.582. The minimum Gasteiger partial charge on any atom is -0.208 e. The van der Waals surface area contributed by atoms with Crippen molar-refractivity contribution in [3.8, 4) is 146 Å². The first-order valence-electron chi connectivity index (χ1n) is 44.9. The summed E-state index contributed by atoms with van der Waals surface area (Å²) in [6.45, 7) is 0. The molecule has 26 rings (SSSR count). The molecule has 132 heavy (non-hydrogen) atoms. The lowest BCUT2D eigenvalue weighted by Gasteiger charge is -2.33. The molecule has 24 aromatic rings. The third-order valence-corrected chi connectivity index (χ3v) is 29.8. The maximum Gasteiger partial charge on any atom is 0.164 e. The molecule has 2 aliphatic rings. The lowest BCUT2D eigenvalue weighted by Crippen LogP contribution is -2.28. The van der Waals surface area contributed by atoms with Gasteiger partial charge in [0, 0.05) is 73.7 Å². The van der Waals surface area contributed by atoms with Crippen LogP contribution in [0.2, 0.25) is 0 Å². The Bertz CT molecular complexity index is 8650. The Kier molecular flexibility index (Phi) is 18.1. The molecule has 0 radical (unpaired) electrons. The Morgan fingerprint density at radius 1 is 0.167 bits per heavy atom. The summed E-state index contributed by atoms with van der Waals surface area (Å²) in [6, 6.07) is 168. The van der Waals surface area contributed by atoms with Gasteiger partial charge in [-0.25, -0.2) is 29.9 Å². The summed E-state index contributed by atoms with van der Waals surface area (Å²) in [5, 5.41) is 9.72. The molecule has 4 heterocycles. The van der Waals surface area contributed by atoms with Gasteiger partial charge >= 0.3 is 0 Å². The van der Waals surface area contributed by atoms with E-state index in [0.29, 0.717) is 34.9 Å². The molecule has 0 aliphatic heterocycles. The molecule has 614 valence electrons. The second kappa shape index (κ2) is 31.1. The van der Waals surface area contributed by atoms with Gasteiger partial charge in [0.25, 0.3) is 0 Å². The van der Waals surface area contributed by atoms with E-state index in [9.17, 15) is 0 Å². The number of benzene rings is 20. The quantitative estimate of drug-likeness (QED) is 0.102. The summed E-state index contributed by atoms with van der Waals surface area (Å²) >= 11 is 3.69. The molecular weight excluding hydrogens is 1640 g/mol. The second-order valence-electron chi connectivity index (χ2n) is 34.5. The lowest BCUT2D eigenvalue weighted by molar-refractivity contribution is 0.768. The number of nitrogens with zero attached hydrogens (tertiary/aromatic N) is 6. The first kappa shape index (κ1) is 76.6. The Balaban J connectivity index is 0.578. The van der Waals surface area contributed by atoms with E-state index in [0.717, 1.165) is 111 Å². The van der Waals surface area contributed by atoms with Crippen molar-refractivity contribution in [3.63, 3.8) is 0 Å². The molecule has 2 aliphatic carbocycles. The SMILES string of the molecule is c1ccc(C2(c3ccccc3)c3ccccc3-c3c(-c4nc(-c5ccc(-c6cc(-c7ccc(-c8ccc(-c9nc(-c%10ccc(-c%11ccc%12ccccc%12c%11)cc%10)nc(-c%10cccc%11c%10-c%10ccccc%10C%11(c%10ccccc%10)c%10ccccc%10)n9)cc8)c8sc9ccccc9c78)c7ccccc7c6)cc5)nc(-c5ccc(-c6ccc7sc8ccccc8c7c6)cc5)n4)cccc32)cc1. The van der Waals surface area contributed by atoms with E-state index in [1.165, 1.54) is 107 Å². The van der Waals surface area contributed by atoms with Crippen LogP contribution in [0.4, 0.5) is 0 Å². The number of rotatable bonds is 15. The molecule has 0 saturated heterocycles. The van der Waals surface area contributed by atoms with E-state index in [2.05, 4.69) is 461 Å². The van der Waals surface area contributed by atoms with Crippen LogP contribution >= 0.6 is 22.7 Å². The zero-order chi connectivity index (χ0) is 87.0. The average molecular weight is 1710 g/mol. The van der Waals surface area contributed by atoms with E-state index in [-0.39, 0.29) is 0 Å². The van der Waals surface area contributed by atoms with Crippen LogP contribution in [0, 0.1) is 0 Å². The summed E-state index contributed by atoms with van der Waals surface area (Å²) in [5.41, 5.74) is 29.6. The number of fused-ring (bicyclic) bond motifs is 14. The van der Waals surface area contributed by atoms with Crippen LogP contribution in [0.1, 0.15) is 44.5 Å². The van der Waals surface area contributed by atoms with Crippen molar-refractivity contribution in [2.24, 2.45) is 0 Å². The van der Waals surface area contributed by atoms with Gasteiger partial charge in [-0.3, -0.25) is 0 Å². The molecule has 20 aromatic carbocycles. The molecule has 8 heteroatoms. The van der Waals surface area contributed by atoms with Gasteiger partial charge in [-0.05, 0) is 186 Å². The predicted molar refractivity (Wildman–Crippen MR) is 548 cm³/mol. The van der Waals surface area contributed by atoms with Crippen molar-refractivity contribution >= 4 is 84.6 Å². The summed E-state index contributed by atoms with van der Waals surface area (Å²) in [4.78, 5) is 33.2. The topological polar surface area (TPSA) is 77.3 Å². The molecule has 0 bridgehead atoms. The van der Waals surface area contributed by atoms with Gasteiger partial charge in [-0.15, -0.1) is 22.7 Å². The standard InChI is InChI=1S/C124H76N6S2/c1-5-30-91(31-6-1)123(92-32-7-2-8-33-92)106-45-21-17-40-99(106)113-102(43-25-47-108(113)123)121-128-118(83-62-53-79(54-63-83)88-69-72-112-105(75-88)97-39-19-23-49-110(97)131-112)125-119(129-121)84-64-55-80(56-65-84)90-74-89-29-15-16-38-95(89)104(76-90)98-71-70-96(116-115(98)101-42-20-24-50-111(101)132-116)81-58-66-85(67-59-81)120-126-117(82-60-51-78(52-61-82)87-68-57-77-27-13-14-28-86(77)73-87)127-122(130-120)103-44-26-48-109-114(103)100-41-18-22-46-107(100)124(109,93-34-9-3-10-35-93)94-36-11-4-12-37-94/h1-76H. The number of aromatic nitrogens is 6. The number of hydrogen-bond donors (Lipinski definition) is 0. The maximum atomic E-state index is 5.60. The second-order valence-corrected chi connectivity index (χ2v) is 36.6. The van der Waals surface area contributed by atoms with Gasteiger partial charge in [0.05, 0.1) is 10.8 Å². The van der Waals surface area contributed by atoms with E-state index in [4.69, 9.17) is 29.9 Å². The zero-order valence-electron chi connectivity index (χ0n) is 71.4. The highest BCUT2D eigenvalue weighted by Gasteiger charge is 2.49. The van der Waals surface area contributed by atoms with Crippen molar-refractivity contribution in [1.29, 1.82) is 0 Å². The molecule has 6 nitrogen and oxygen atoms in total. The molecule has 4 aromatic heterocycles. The van der Waals surface area contributed by atoms with Crippen molar-refractivity contribution in [2.75, 3.05) is 0 Å². The lowest BCUT2D eigenvalue weighted by atomic mass is 9.67. The summed E-state index contributed by atoms with van der Waals surface area (Å²) in [6.07, 6.45) is 0. The zero-order valence-corrected chi connectivity index (χ0v) is 73.0. The van der Waals surface area contributed by atoms with Crippen molar-refractivity contribution in [3.05, 3.63) is 506 Å². The molecule has 0 fully saturated rings. The number of thiophene rings is 2. The highest BCUT2D eigenvalue weighted by Crippen LogP contribution is 2.61. The first-order chi connectivity index (χ1) is 65.4. The van der Waals surface area contributed by atoms with Gasteiger partial charge in [-0.1, -0.05) is 419 Å². The van der Waals surface area contributed by atoms with Crippen molar-refractivity contribution in [1.82, 2.24) is 29.9 Å². The Labute approximate surface area is 771 Å². The van der Waals surface area contributed by atoms with Gasteiger partial charge in [0.1, 0.15) is 0 Å². The highest BCUT2D eigenvalue weighted by atomic mass is 32.1. The highest BCUT2D eigenvalue weighted by molar-refractivity contribution is 7.26. The summed E-state index contributed by atoms with van der Waals surface area (Å²) < 4.78 is 5.01. The Morgan fingerprint density at radius 2 is 0.515 bits per heavy atom. The third-order valence-electron chi connectivity index (χ3n) is 27.4. The van der Waals surface area contributed by atoms with Crippen LogP contribution in [0.3, 0.4) is 0 Å². The maximum absolute atomic E-state index is 5.60. The van der Waals surface area contributed by atoms with Gasteiger partial charge in [-0.2, -0.15) is 0 Å². The van der Waals surface area contributed by atoms with E-state index >= 15 is 0 Å². The molecule has 0 unspecified atom stereocenters. The fourth-order valence-electron chi connectivity index (χ4n) is 21.4. The first-order valence-corrected chi connectivity index (χ1v) is 46.6. The van der Waals surface area contributed by atoms with Gasteiger partial charge in [0.15, 0.2) is 34.9 Å². The minimum atomic E-state index is -0.617. The van der Waals surface area contributed by atoms with Crippen LogP contribution in [-0.2, 0) is 10.8 Å². The van der Waals surface area contributed by atoms with Gasteiger partial charge in [0.2, 0.25) is 0 Å². The largest absolute Gasteiger partial charge is 0.208 e. The average Bonchev–Trinajstić information content (AvgIpc) is 1.53. The van der Waals surface area contributed by atoms with Gasteiger partial charge < -0.3 is 0 Å². The van der Waals surface area contributed by atoms with E-state index in [1.54, 1.807) is 0 Å². The monoisotopic (exact) mass is 1710 g/mol. The predicted octanol–water partition coefficient (Wildman–Crippen LogP) is 32.2. The van der Waals surface area contributed by atoms with E-state index in [1.807, 2.05) is 22.7 Å². The smallest absolute Gasteiger partial charge is 0.164 e. The Hall–Kier alpha value is -16.6. The molecule has 0 atom stereocenters. The molecule has 0 amide bonds. The third kappa shape index (κ3) is 12.4. The van der Waals surface area contributed by atoms with Crippen LogP contribution in [0.25, 0.3) is 208 Å². The number of hydrogen-bond acceptors (Lipinski definition) is 8. The molecule has 0 saturated carbocycles. The normalized spacial score (nSPS) is 12.8. The van der Waals surface area contributed by atoms with E-state index < -0.39 is 10.8 Å². The fraction of sp³-hybridized carbons (Fsp3) is 0.0161. The van der Waals surface area contributed by atoms with Crippen LogP contribution in [0.5, 0.6) is 0 Å². The van der Waals surface area contributed by atoms with Crippen molar-refractivity contribution in [2.45, 2.75) is 10.8 Å². The van der Waals surface area contributed by atoms with Crippen LogP contribution in [-0.4, -0.2) is 29.9 Å². The van der Waals surface area contributed by atoms with Crippen LogP contribution in [0.15, 0.2) is 461 Å². The fourth-order valence-corrected chi connectivity index (χ4v) is 23.7. The molecule has 0 N–H and O–H groups in total. The Morgan fingerprint density at radius 3 is 1.03 bits per heavy atom. The van der Waals surface area contributed by atoms with Crippen molar-refractivity contribution < 1.29 is 0 Å².